The number of hydrogen-bond acceptors (Lipinski definition) is 1. The second-order valence-corrected chi connectivity index (χ2v) is 7.02. The molecule has 0 saturated heterocycles. The predicted molar refractivity (Wildman–Crippen MR) is 100 cm³/mol. The Morgan fingerprint density at radius 2 is 1.74 bits per heavy atom. The molecule has 2 aromatic rings. The Labute approximate surface area is 158 Å². The van der Waals surface area contributed by atoms with Gasteiger partial charge in [0, 0.05) is 5.92 Å². The van der Waals surface area contributed by atoms with Crippen molar-refractivity contribution >= 4 is 0 Å². The van der Waals surface area contributed by atoms with Crippen LogP contribution >= 0.6 is 0 Å². The summed E-state index contributed by atoms with van der Waals surface area (Å²) in [5, 5.41) is 0. The first-order valence-electron chi connectivity index (χ1n) is 9.38. The van der Waals surface area contributed by atoms with E-state index in [4.69, 9.17) is 4.74 Å². The van der Waals surface area contributed by atoms with Crippen molar-refractivity contribution in [2.24, 2.45) is 5.92 Å². The molecule has 1 aliphatic carbocycles. The van der Waals surface area contributed by atoms with Gasteiger partial charge in [0.15, 0.2) is 11.6 Å². The zero-order valence-corrected chi connectivity index (χ0v) is 15.6. The van der Waals surface area contributed by atoms with Crippen molar-refractivity contribution in [3.05, 3.63) is 64.5 Å². The summed E-state index contributed by atoms with van der Waals surface area (Å²) in [4.78, 5) is 0. The highest BCUT2D eigenvalue weighted by molar-refractivity contribution is 5.38. The van der Waals surface area contributed by atoms with Crippen LogP contribution < -0.4 is 4.74 Å². The Morgan fingerprint density at radius 3 is 2.41 bits per heavy atom. The van der Waals surface area contributed by atoms with E-state index in [-0.39, 0.29) is 23.4 Å². The first kappa shape index (κ1) is 19.4. The van der Waals surface area contributed by atoms with Gasteiger partial charge < -0.3 is 4.74 Å². The van der Waals surface area contributed by atoms with Crippen molar-refractivity contribution in [2.45, 2.75) is 45.4 Å². The number of ether oxygens (including phenoxy) is 1. The molecule has 0 unspecified atom stereocenters. The first-order chi connectivity index (χ1) is 13.0. The van der Waals surface area contributed by atoms with Gasteiger partial charge in [0.25, 0.3) is 0 Å². The van der Waals surface area contributed by atoms with Crippen LogP contribution in [0.2, 0.25) is 0 Å². The van der Waals surface area contributed by atoms with Crippen molar-refractivity contribution < 1.29 is 17.9 Å². The maximum atomic E-state index is 14.4. The second-order valence-electron chi connectivity index (χ2n) is 7.02. The molecule has 0 atom stereocenters. The zero-order chi connectivity index (χ0) is 19.4. The molecule has 27 heavy (non-hydrogen) atoms. The molecule has 0 N–H and O–H groups in total. The molecule has 142 valence electrons. The number of aryl methyl sites for hydroxylation is 1. The number of hydrogen-bond donors (Lipinski definition) is 0. The molecule has 1 fully saturated rings. The monoisotopic (exact) mass is 372 g/mol. The molecule has 1 nitrogen and oxygen atoms in total. The maximum Gasteiger partial charge on any atom is 0.200 e. The third kappa shape index (κ3) is 4.47. The number of benzene rings is 2. The van der Waals surface area contributed by atoms with Gasteiger partial charge in [-0.05, 0) is 74.8 Å². The van der Waals surface area contributed by atoms with Crippen LogP contribution in [-0.4, -0.2) is 6.61 Å². The van der Waals surface area contributed by atoms with E-state index >= 15 is 0 Å². The van der Waals surface area contributed by atoms with Crippen LogP contribution in [0, 0.1) is 42.1 Å². The van der Waals surface area contributed by atoms with Crippen molar-refractivity contribution in [2.75, 3.05) is 6.61 Å². The zero-order valence-electron chi connectivity index (χ0n) is 15.6. The Kier molecular flexibility index (Phi) is 6.11. The van der Waals surface area contributed by atoms with E-state index in [0.717, 1.165) is 31.2 Å². The van der Waals surface area contributed by atoms with Gasteiger partial charge >= 0.3 is 0 Å². The minimum absolute atomic E-state index is 0.0238. The third-order valence-corrected chi connectivity index (χ3v) is 5.08. The van der Waals surface area contributed by atoms with Crippen LogP contribution in [0.25, 0.3) is 0 Å². The van der Waals surface area contributed by atoms with Gasteiger partial charge in [-0.2, -0.15) is 4.39 Å². The lowest BCUT2D eigenvalue weighted by Gasteiger charge is -2.26. The smallest absolute Gasteiger partial charge is 0.200 e. The summed E-state index contributed by atoms with van der Waals surface area (Å²) in [6, 6.07) is 8.14. The van der Waals surface area contributed by atoms with Gasteiger partial charge in [0.1, 0.15) is 5.82 Å². The molecule has 0 bridgehead atoms. The predicted octanol–water partition coefficient (Wildman–Crippen LogP) is 6.14. The molecule has 2 aromatic carbocycles. The van der Waals surface area contributed by atoms with Crippen LogP contribution in [0.1, 0.15) is 55.2 Å². The van der Waals surface area contributed by atoms with E-state index in [1.54, 1.807) is 19.1 Å². The summed E-state index contributed by atoms with van der Waals surface area (Å²) in [5.74, 6) is 4.14. The standard InChI is InChI=1S/C23H23F3O/c1-3-27-21-13-12-19(22(25)23(21)26)17-9-5-16(6-10-17)7-11-18-8-4-15(2)14-20(18)24/h4,8,12-14,16-17H,3,5-6,9-10H2,1-2H3. The normalized spacial score (nSPS) is 19.3. The van der Waals surface area contributed by atoms with E-state index < -0.39 is 11.6 Å². The number of rotatable bonds is 3. The molecule has 0 spiro atoms. The average molecular weight is 372 g/mol. The van der Waals surface area contributed by atoms with Crippen LogP contribution in [0.15, 0.2) is 30.3 Å². The maximum absolute atomic E-state index is 14.4. The highest BCUT2D eigenvalue weighted by atomic mass is 19.2. The van der Waals surface area contributed by atoms with Crippen LogP contribution in [0.5, 0.6) is 5.75 Å². The largest absolute Gasteiger partial charge is 0.491 e. The summed E-state index contributed by atoms with van der Waals surface area (Å²) >= 11 is 0. The van der Waals surface area contributed by atoms with Gasteiger partial charge in [0.2, 0.25) is 5.82 Å². The molecule has 0 radical (unpaired) electrons. The van der Waals surface area contributed by atoms with E-state index in [1.807, 2.05) is 13.0 Å². The average Bonchev–Trinajstić information content (AvgIpc) is 2.66. The lowest BCUT2D eigenvalue weighted by molar-refractivity contribution is 0.310. The van der Waals surface area contributed by atoms with E-state index in [1.165, 1.54) is 12.1 Å². The fourth-order valence-electron chi connectivity index (χ4n) is 3.58. The molecule has 1 saturated carbocycles. The highest BCUT2D eigenvalue weighted by Crippen LogP contribution is 2.38. The third-order valence-electron chi connectivity index (χ3n) is 5.08. The van der Waals surface area contributed by atoms with Crippen LogP contribution in [-0.2, 0) is 0 Å². The van der Waals surface area contributed by atoms with Gasteiger partial charge in [-0.3, -0.25) is 0 Å². The van der Waals surface area contributed by atoms with E-state index in [2.05, 4.69) is 11.8 Å². The van der Waals surface area contributed by atoms with Crippen LogP contribution in [0.3, 0.4) is 0 Å². The van der Waals surface area contributed by atoms with Crippen molar-refractivity contribution in [1.29, 1.82) is 0 Å². The van der Waals surface area contributed by atoms with E-state index in [9.17, 15) is 13.2 Å². The minimum Gasteiger partial charge on any atom is -0.491 e. The fourth-order valence-corrected chi connectivity index (χ4v) is 3.58. The summed E-state index contributed by atoms with van der Waals surface area (Å²) < 4.78 is 47.5. The number of halogens is 3. The Hall–Kier alpha value is -2.41. The van der Waals surface area contributed by atoms with Gasteiger partial charge in [-0.15, -0.1) is 0 Å². The van der Waals surface area contributed by atoms with Gasteiger partial charge in [-0.1, -0.05) is 24.0 Å². The summed E-state index contributed by atoms with van der Waals surface area (Å²) in [6.07, 6.45) is 3.05. The van der Waals surface area contributed by atoms with Crippen LogP contribution in [0.4, 0.5) is 13.2 Å². The molecule has 0 aliphatic heterocycles. The quantitative estimate of drug-likeness (QED) is 0.588. The second kappa shape index (κ2) is 8.52. The SMILES string of the molecule is CCOc1ccc(C2CCC(C#Cc3ccc(C)cc3F)CC2)c(F)c1F. The molecule has 0 heterocycles. The van der Waals surface area contributed by atoms with Crippen molar-refractivity contribution in [3.63, 3.8) is 0 Å². The van der Waals surface area contributed by atoms with Crippen molar-refractivity contribution in [1.82, 2.24) is 0 Å². The summed E-state index contributed by atoms with van der Waals surface area (Å²) in [7, 11) is 0. The Morgan fingerprint density at radius 1 is 1.00 bits per heavy atom. The Balaban J connectivity index is 1.66. The minimum atomic E-state index is -0.911. The van der Waals surface area contributed by atoms with Gasteiger partial charge in [-0.25, -0.2) is 8.78 Å². The first-order valence-corrected chi connectivity index (χ1v) is 9.38. The highest BCUT2D eigenvalue weighted by Gasteiger charge is 2.26. The molecular weight excluding hydrogens is 349 g/mol. The topological polar surface area (TPSA) is 9.23 Å². The molecule has 4 heteroatoms. The molecule has 3 rings (SSSR count). The van der Waals surface area contributed by atoms with Gasteiger partial charge in [0.05, 0.1) is 12.2 Å². The summed E-state index contributed by atoms with van der Waals surface area (Å²) in [5.41, 5.74) is 1.68. The fraction of sp³-hybridized carbons (Fsp3) is 0.391. The van der Waals surface area contributed by atoms with E-state index in [0.29, 0.717) is 17.7 Å². The lowest BCUT2D eigenvalue weighted by Crippen LogP contribution is -2.14. The molecule has 1 aliphatic rings. The molecular formula is C23H23F3O. The Bertz CT molecular complexity index is 871. The van der Waals surface area contributed by atoms with Crippen molar-refractivity contribution in [3.8, 4) is 17.6 Å². The summed E-state index contributed by atoms with van der Waals surface area (Å²) in [6.45, 7) is 3.86. The molecule has 0 aromatic heterocycles. The molecule has 0 amide bonds. The lowest BCUT2D eigenvalue weighted by atomic mass is 9.78.